The van der Waals surface area contributed by atoms with Crippen molar-refractivity contribution in [3.05, 3.63) is 41.7 Å². The molecule has 1 aromatic carbocycles. The molecule has 1 unspecified atom stereocenters. The van der Waals surface area contributed by atoms with Gasteiger partial charge in [-0.2, -0.15) is 0 Å². The lowest BCUT2D eigenvalue weighted by atomic mass is 10.3. The van der Waals surface area contributed by atoms with Crippen LogP contribution in [0.2, 0.25) is 0 Å². The summed E-state index contributed by atoms with van der Waals surface area (Å²) in [4.78, 5) is 13.1. The van der Waals surface area contributed by atoms with Crippen LogP contribution >= 0.6 is 11.3 Å². The number of rotatable bonds is 5. The molecule has 3 rings (SSSR count). The smallest absolute Gasteiger partial charge is 0.191 e. The highest BCUT2D eigenvalue weighted by Gasteiger charge is 2.19. The second-order valence-electron chi connectivity index (χ2n) is 5.87. The quantitative estimate of drug-likeness (QED) is 0.652. The summed E-state index contributed by atoms with van der Waals surface area (Å²) in [5.41, 5.74) is 6.11. The van der Waals surface area contributed by atoms with E-state index in [4.69, 9.17) is 10.5 Å². The Morgan fingerprint density at radius 2 is 2.04 bits per heavy atom. The summed E-state index contributed by atoms with van der Waals surface area (Å²) in [7, 11) is 0. The van der Waals surface area contributed by atoms with Gasteiger partial charge in [0.25, 0.3) is 0 Å². The molecule has 0 aliphatic carbocycles. The second kappa shape index (κ2) is 8.15. The van der Waals surface area contributed by atoms with Gasteiger partial charge >= 0.3 is 0 Å². The summed E-state index contributed by atoms with van der Waals surface area (Å²) in [6.45, 7) is 5.78. The number of benzene rings is 1. The van der Waals surface area contributed by atoms with Crippen molar-refractivity contribution >= 4 is 22.4 Å². The molecule has 1 fully saturated rings. The van der Waals surface area contributed by atoms with Crippen LogP contribution in [0.15, 0.2) is 40.8 Å². The standard InChI is InChI=1S/C17H22FN5OS/c1-13(24-15-4-2-14(18)3-5-15)12-21-16(19)22-7-9-23(10-8-22)17-20-6-11-25-17/h2-6,11,13H,7-10,12H2,1H3,(H2,19,21). The predicted molar refractivity (Wildman–Crippen MR) is 98.9 cm³/mol. The van der Waals surface area contributed by atoms with Crippen molar-refractivity contribution in [2.45, 2.75) is 13.0 Å². The Morgan fingerprint density at radius 1 is 1.32 bits per heavy atom. The van der Waals surface area contributed by atoms with E-state index in [-0.39, 0.29) is 11.9 Å². The fourth-order valence-electron chi connectivity index (χ4n) is 2.60. The van der Waals surface area contributed by atoms with Gasteiger partial charge in [-0.3, -0.25) is 0 Å². The number of nitrogens with zero attached hydrogens (tertiary/aromatic N) is 4. The molecule has 1 aromatic heterocycles. The topological polar surface area (TPSA) is 67.0 Å². The number of piperazine rings is 1. The summed E-state index contributed by atoms with van der Waals surface area (Å²) in [5, 5.41) is 3.04. The predicted octanol–water partition coefficient (Wildman–Crippen LogP) is 2.19. The van der Waals surface area contributed by atoms with Gasteiger partial charge in [0, 0.05) is 37.8 Å². The highest BCUT2D eigenvalue weighted by molar-refractivity contribution is 7.13. The van der Waals surface area contributed by atoms with Crippen molar-refractivity contribution in [3.63, 3.8) is 0 Å². The highest BCUT2D eigenvalue weighted by atomic mass is 32.1. The minimum Gasteiger partial charge on any atom is -0.489 e. The van der Waals surface area contributed by atoms with E-state index in [2.05, 4.69) is 19.8 Å². The van der Waals surface area contributed by atoms with Crippen molar-refractivity contribution < 1.29 is 9.13 Å². The number of ether oxygens (including phenoxy) is 1. The maximum atomic E-state index is 12.9. The largest absolute Gasteiger partial charge is 0.489 e. The SMILES string of the molecule is CC(CN=C(N)N1CCN(c2nccs2)CC1)Oc1ccc(F)cc1. The van der Waals surface area contributed by atoms with E-state index in [1.807, 2.05) is 18.5 Å². The van der Waals surface area contributed by atoms with Gasteiger partial charge < -0.3 is 20.3 Å². The monoisotopic (exact) mass is 363 g/mol. The van der Waals surface area contributed by atoms with E-state index in [1.165, 1.54) is 12.1 Å². The van der Waals surface area contributed by atoms with Crippen LogP contribution in [-0.4, -0.2) is 54.7 Å². The average Bonchev–Trinajstić information content (AvgIpc) is 3.16. The zero-order valence-corrected chi connectivity index (χ0v) is 15.0. The first kappa shape index (κ1) is 17.5. The first-order valence-corrected chi connectivity index (χ1v) is 9.11. The molecule has 8 heteroatoms. The molecule has 2 N–H and O–H groups in total. The molecule has 2 heterocycles. The molecule has 1 aliphatic heterocycles. The van der Waals surface area contributed by atoms with Crippen molar-refractivity contribution in [1.29, 1.82) is 0 Å². The number of hydrogen-bond acceptors (Lipinski definition) is 5. The lowest BCUT2D eigenvalue weighted by molar-refractivity contribution is 0.229. The summed E-state index contributed by atoms with van der Waals surface area (Å²) in [6.07, 6.45) is 1.69. The number of thiazole rings is 1. The molecule has 0 amide bonds. The van der Waals surface area contributed by atoms with Gasteiger partial charge in [-0.05, 0) is 31.2 Å². The Labute approximate surface area is 150 Å². The Hall–Kier alpha value is -2.35. The fraction of sp³-hybridized carbons (Fsp3) is 0.412. The van der Waals surface area contributed by atoms with E-state index >= 15 is 0 Å². The van der Waals surface area contributed by atoms with Gasteiger partial charge in [0.05, 0.1) is 6.54 Å². The molecule has 2 aromatic rings. The van der Waals surface area contributed by atoms with Crippen molar-refractivity contribution in [3.8, 4) is 5.75 Å². The van der Waals surface area contributed by atoms with Crippen LogP contribution in [0.4, 0.5) is 9.52 Å². The van der Waals surface area contributed by atoms with E-state index in [1.54, 1.807) is 23.5 Å². The molecule has 1 saturated heterocycles. The zero-order valence-electron chi connectivity index (χ0n) is 14.1. The molecule has 1 atom stereocenters. The fourth-order valence-corrected chi connectivity index (χ4v) is 3.30. The summed E-state index contributed by atoms with van der Waals surface area (Å²) in [5.74, 6) is 0.882. The third-order valence-corrected chi connectivity index (χ3v) is 4.79. The van der Waals surface area contributed by atoms with Gasteiger partial charge in [-0.1, -0.05) is 0 Å². The van der Waals surface area contributed by atoms with E-state index in [9.17, 15) is 4.39 Å². The van der Waals surface area contributed by atoms with Gasteiger partial charge in [-0.15, -0.1) is 11.3 Å². The zero-order chi connectivity index (χ0) is 17.6. The Balaban J connectivity index is 1.46. The number of aliphatic imine (C=N–C) groups is 1. The maximum absolute atomic E-state index is 12.9. The van der Waals surface area contributed by atoms with Crippen LogP contribution in [0, 0.1) is 5.82 Å². The van der Waals surface area contributed by atoms with Crippen molar-refractivity contribution in [2.24, 2.45) is 10.7 Å². The normalized spacial score (nSPS) is 16.8. The van der Waals surface area contributed by atoms with Gasteiger partial charge in [0.15, 0.2) is 11.1 Å². The van der Waals surface area contributed by atoms with Crippen LogP contribution < -0.4 is 15.4 Å². The van der Waals surface area contributed by atoms with E-state index < -0.39 is 0 Å². The summed E-state index contributed by atoms with van der Waals surface area (Å²) in [6, 6.07) is 5.97. The molecule has 0 radical (unpaired) electrons. The van der Waals surface area contributed by atoms with Gasteiger partial charge in [0.2, 0.25) is 0 Å². The molecular formula is C17H22FN5OS. The van der Waals surface area contributed by atoms with Gasteiger partial charge in [-0.25, -0.2) is 14.4 Å². The third kappa shape index (κ3) is 4.82. The molecule has 0 bridgehead atoms. The Kier molecular flexibility index (Phi) is 5.70. The first-order chi connectivity index (χ1) is 12.1. The van der Waals surface area contributed by atoms with Crippen LogP contribution in [0.3, 0.4) is 0 Å². The van der Waals surface area contributed by atoms with Crippen LogP contribution in [0.1, 0.15) is 6.92 Å². The molecule has 25 heavy (non-hydrogen) atoms. The lowest BCUT2D eigenvalue weighted by Crippen LogP contribution is -2.51. The summed E-state index contributed by atoms with van der Waals surface area (Å²) >= 11 is 1.65. The van der Waals surface area contributed by atoms with Crippen molar-refractivity contribution in [2.75, 3.05) is 37.6 Å². The van der Waals surface area contributed by atoms with Crippen LogP contribution in [0.25, 0.3) is 0 Å². The highest BCUT2D eigenvalue weighted by Crippen LogP contribution is 2.18. The second-order valence-corrected chi connectivity index (χ2v) is 6.74. The molecular weight excluding hydrogens is 341 g/mol. The number of guanidine groups is 1. The average molecular weight is 363 g/mol. The Bertz CT molecular complexity index is 684. The summed E-state index contributed by atoms with van der Waals surface area (Å²) < 4.78 is 18.6. The molecule has 134 valence electrons. The molecule has 0 spiro atoms. The van der Waals surface area contributed by atoms with Gasteiger partial charge in [0.1, 0.15) is 17.7 Å². The first-order valence-electron chi connectivity index (χ1n) is 8.23. The lowest BCUT2D eigenvalue weighted by Gasteiger charge is -2.35. The molecule has 0 saturated carbocycles. The third-order valence-electron chi connectivity index (χ3n) is 3.95. The van der Waals surface area contributed by atoms with E-state index in [0.717, 1.165) is 31.3 Å². The number of aromatic nitrogens is 1. The Morgan fingerprint density at radius 3 is 2.68 bits per heavy atom. The van der Waals surface area contributed by atoms with E-state index in [0.29, 0.717) is 18.3 Å². The number of nitrogens with two attached hydrogens (primary N) is 1. The van der Waals surface area contributed by atoms with Crippen LogP contribution in [0.5, 0.6) is 5.75 Å². The minimum atomic E-state index is -0.279. The number of hydrogen-bond donors (Lipinski definition) is 1. The number of anilines is 1. The van der Waals surface area contributed by atoms with Crippen LogP contribution in [-0.2, 0) is 0 Å². The minimum absolute atomic E-state index is 0.138. The van der Waals surface area contributed by atoms with Crippen molar-refractivity contribution in [1.82, 2.24) is 9.88 Å². The molecule has 6 nitrogen and oxygen atoms in total. The number of halogens is 1. The molecule has 1 aliphatic rings. The maximum Gasteiger partial charge on any atom is 0.191 e.